The molecule has 0 atom stereocenters. The van der Waals surface area contributed by atoms with Crippen molar-refractivity contribution in [2.75, 3.05) is 6.61 Å². The summed E-state index contributed by atoms with van der Waals surface area (Å²) >= 11 is 1.50. The SMILES string of the molecule is CCc1nc(CCOc2ccccc2F)sc1C(C)(C)O. The van der Waals surface area contributed by atoms with Crippen LogP contribution < -0.4 is 4.74 Å². The third-order valence-corrected chi connectivity index (χ3v) is 4.51. The van der Waals surface area contributed by atoms with Gasteiger partial charge in [0, 0.05) is 6.42 Å². The molecule has 0 spiro atoms. The van der Waals surface area contributed by atoms with Crippen LogP contribution in [0.15, 0.2) is 24.3 Å². The van der Waals surface area contributed by atoms with E-state index in [0.29, 0.717) is 13.0 Å². The molecule has 0 aliphatic rings. The predicted octanol–water partition coefficient (Wildman–Crippen LogP) is 3.69. The van der Waals surface area contributed by atoms with Gasteiger partial charge in [0.2, 0.25) is 0 Å². The number of para-hydroxylation sites is 1. The third-order valence-electron chi connectivity index (χ3n) is 3.04. The molecular formula is C16H20FNO2S. The van der Waals surface area contributed by atoms with Crippen LogP contribution in [0.5, 0.6) is 5.75 Å². The van der Waals surface area contributed by atoms with Crippen LogP contribution in [-0.2, 0) is 18.4 Å². The first-order valence-electron chi connectivity index (χ1n) is 7.00. The minimum Gasteiger partial charge on any atom is -0.490 e. The summed E-state index contributed by atoms with van der Waals surface area (Å²) in [5.41, 5.74) is 0.0431. The Balaban J connectivity index is 2.01. The fourth-order valence-electron chi connectivity index (χ4n) is 2.04. The van der Waals surface area contributed by atoms with E-state index >= 15 is 0 Å². The number of rotatable bonds is 6. The number of hydrogen-bond donors (Lipinski definition) is 1. The van der Waals surface area contributed by atoms with E-state index in [0.717, 1.165) is 22.0 Å². The van der Waals surface area contributed by atoms with Gasteiger partial charge in [-0.3, -0.25) is 0 Å². The van der Waals surface area contributed by atoms with Gasteiger partial charge in [-0.1, -0.05) is 19.1 Å². The van der Waals surface area contributed by atoms with Gasteiger partial charge in [0.05, 0.1) is 27.8 Å². The predicted molar refractivity (Wildman–Crippen MR) is 82.3 cm³/mol. The van der Waals surface area contributed by atoms with Gasteiger partial charge >= 0.3 is 0 Å². The summed E-state index contributed by atoms with van der Waals surface area (Å²) in [6.07, 6.45) is 1.38. The van der Waals surface area contributed by atoms with Crippen molar-refractivity contribution in [3.05, 3.63) is 45.7 Å². The van der Waals surface area contributed by atoms with E-state index in [4.69, 9.17) is 4.74 Å². The molecule has 1 N–H and O–H groups in total. The number of hydrogen-bond acceptors (Lipinski definition) is 4. The second-order valence-corrected chi connectivity index (χ2v) is 6.41. The molecule has 2 aromatic rings. The minimum absolute atomic E-state index is 0.257. The molecule has 0 unspecified atom stereocenters. The first kappa shape index (κ1) is 15.9. The zero-order valence-electron chi connectivity index (χ0n) is 12.5. The molecule has 21 heavy (non-hydrogen) atoms. The Labute approximate surface area is 128 Å². The molecule has 1 aromatic heterocycles. The molecule has 114 valence electrons. The van der Waals surface area contributed by atoms with Crippen molar-refractivity contribution in [3.8, 4) is 5.75 Å². The Morgan fingerprint density at radius 2 is 2.05 bits per heavy atom. The molecule has 0 aliphatic heterocycles. The number of aliphatic hydroxyl groups is 1. The Hall–Kier alpha value is -1.46. The van der Waals surface area contributed by atoms with Crippen LogP contribution in [-0.4, -0.2) is 16.7 Å². The van der Waals surface area contributed by atoms with Crippen molar-refractivity contribution in [2.45, 2.75) is 39.2 Å². The van der Waals surface area contributed by atoms with Crippen LogP contribution >= 0.6 is 11.3 Å². The molecule has 0 bridgehead atoms. The quantitative estimate of drug-likeness (QED) is 0.885. The first-order chi connectivity index (χ1) is 9.91. The van der Waals surface area contributed by atoms with Crippen molar-refractivity contribution >= 4 is 11.3 Å². The third kappa shape index (κ3) is 4.02. The number of nitrogens with zero attached hydrogens (tertiary/aromatic N) is 1. The first-order valence-corrected chi connectivity index (χ1v) is 7.82. The molecule has 0 radical (unpaired) electrons. The molecule has 0 amide bonds. The Bertz CT molecular complexity index is 605. The van der Waals surface area contributed by atoms with Crippen LogP contribution in [0.25, 0.3) is 0 Å². The van der Waals surface area contributed by atoms with Crippen LogP contribution in [0.2, 0.25) is 0 Å². The molecule has 5 heteroatoms. The Kier molecular flexibility index (Phi) is 4.96. The van der Waals surface area contributed by atoms with Crippen molar-refractivity contribution in [1.82, 2.24) is 4.98 Å². The highest BCUT2D eigenvalue weighted by Crippen LogP contribution is 2.30. The van der Waals surface area contributed by atoms with Crippen molar-refractivity contribution in [3.63, 3.8) is 0 Å². The molecule has 3 nitrogen and oxygen atoms in total. The molecular weight excluding hydrogens is 289 g/mol. The van der Waals surface area contributed by atoms with E-state index < -0.39 is 5.60 Å². The average molecular weight is 309 g/mol. The zero-order chi connectivity index (χ0) is 15.5. The standard InChI is InChI=1S/C16H20FNO2S/c1-4-12-15(16(2,3)19)21-14(18-12)9-10-20-13-8-6-5-7-11(13)17/h5-8,19H,4,9-10H2,1-3H3. The monoisotopic (exact) mass is 309 g/mol. The number of aryl methyl sites for hydroxylation is 1. The second-order valence-electron chi connectivity index (χ2n) is 5.32. The lowest BCUT2D eigenvalue weighted by molar-refractivity contribution is 0.0814. The van der Waals surface area contributed by atoms with Gasteiger partial charge in [0.15, 0.2) is 11.6 Å². The number of halogens is 1. The van der Waals surface area contributed by atoms with Gasteiger partial charge in [0.1, 0.15) is 0 Å². The maximum atomic E-state index is 13.4. The summed E-state index contributed by atoms with van der Waals surface area (Å²) in [5.74, 6) is -0.101. The van der Waals surface area contributed by atoms with E-state index in [-0.39, 0.29) is 11.6 Å². The smallest absolute Gasteiger partial charge is 0.165 e. The Morgan fingerprint density at radius 1 is 1.33 bits per heavy atom. The van der Waals surface area contributed by atoms with E-state index in [1.807, 2.05) is 6.92 Å². The largest absolute Gasteiger partial charge is 0.490 e. The van der Waals surface area contributed by atoms with Gasteiger partial charge in [0.25, 0.3) is 0 Å². The lowest BCUT2D eigenvalue weighted by atomic mass is 10.1. The van der Waals surface area contributed by atoms with E-state index in [2.05, 4.69) is 4.98 Å². The summed E-state index contributed by atoms with van der Waals surface area (Å²) in [5, 5.41) is 11.0. The van der Waals surface area contributed by atoms with Gasteiger partial charge in [-0.25, -0.2) is 9.37 Å². The summed E-state index contributed by atoms with van der Waals surface area (Å²) in [4.78, 5) is 5.43. The van der Waals surface area contributed by atoms with Crippen LogP contribution in [0.4, 0.5) is 4.39 Å². The summed E-state index contributed by atoms with van der Waals surface area (Å²) in [6, 6.07) is 6.35. The molecule has 0 saturated carbocycles. The van der Waals surface area contributed by atoms with Crippen molar-refractivity contribution in [1.29, 1.82) is 0 Å². The minimum atomic E-state index is -0.881. The fraction of sp³-hybridized carbons (Fsp3) is 0.438. The van der Waals surface area contributed by atoms with E-state index in [1.54, 1.807) is 32.0 Å². The van der Waals surface area contributed by atoms with E-state index in [9.17, 15) is 9.50 Å². The summed E-state index contributed by atoms with van der Waals surface area (Å²) < 4.78 is 18.9. The molecule has 0 fully saturated rings. The van der Waals surface area contributed by atoms with Crippen LogP contribution in [0, 0.1) is 5.82 Å². The van der Waals surface area contributed by atoms with Gasteiger partial charge in [-0.05, 0) is 32.4 Å². The summed E-state index contributed by atoms with van der Waals surface area (Å²) in [6.45, 7) is 5.91. The highest BCUT2D eigenvalue weighted by atomic mass is 32.1. The summed E-state index contributed by atoms with van der Waals surface area (Å²) in [7, 11) is 0. The van der Waals surface area contributed by atoms with Crippen LogP contribution in [0.1, 0.15) is 36.3 Å². The second kappa shape index (κ2) is 6.54. The van der Waals surface area contributed by atoms with Crippen molar-refractivity contribution < 1.29 is 14.2 Å². The topological polar surface area (TPSA) is 42.4 Å². The normalized spacial score (nSPS) is 11.7. The molecule has 1 aromatic carbocycles. The number of benzene rings is 1. The van der Waals surface area contributed by atoms with E-state index in [1.165, 1.54) is 17.4 Å². The Morgan fingerprint density at radius 3 is 2.62 bits per heavy atom. The lowest BCUT2D eigenvalue weighted by Crippen LogP contribution is -2.15. The maximum absolute atomic E-state index is 13.4. The number of ether oxygens (including phenoxy) is 1. The average Bonchev–Trinajstić information content (AvgIpc) is 2.84. The lowest BCUT2D eigenvalue weighted by Gasteiger charge is -2.15. The molecule has 0 aliphatic carbocycles. The highest BCUT2D eigenvalue weighted by molar-refractivity contribution is 7.11. The number of thiazole rings is 1. The zero-order valence-corrected chi connectivity index (χ0v) is 13.3. The molecule has 0 saturated heterocycles. The number of aromatic nitrogens is 1. The fourth-order valence-corrected chi connectivity index (χ4v) is 3.17. The molecule has 1 heterocycles. The highest BCUT2D eigenvalue weighted by Gasteiger charge is 2.23. The van der Waals surface area contributed by atoms with Gasteiger partial charge in [-0.15, -0.1) is 11.3 Å². The van der Waals surface area contributed by atoms with Crippen molar-refractivity contribution in [2.24, 2.45) is 0 Å². The van der Waals surface area contributed by atoms with Crippen LogP contribution in [0.3, 0.4) is 0 Å². The maximum Gasteiger partial charge on any atom is 0.165 e. The van der Waals surface area contributed by atoms with Gasteiger partial charge in [-0.2, -0.15) is 0 Å². The van der Waals surface area contributed by atoms with Gasteiger partial charge < -0.3 is 9.84 Å². The molecule has 2 rings (SSSR count).